The molecule has 1 aliphatic rings. The van der Waals surface area contributed by atoms with E-state index in [4.69, 9.17) is 0 Å². The largest absolute Gasteiger partial charge is 0.340 e. The van der Waals surface area contributed by atoms with Crippen LogP contribution in [0.2, 0.25) is 0 Å². The van der Waals surface area contributed by atoms with Gasteiger partial charge in [0.1, 0.15) is 0 Å². The van der Waals surface area contributed by atoms with Crippen molar-refractivity contribution in [3.63, 3.8) is 0 Å². The Morgan fingerprint density at radius 3 is 2.22 bits per heavy atom. The lowest BCUT2D eigenvalue weighted by atomic mass is 10.2. The highest BCUT2D eigenvalue weighted by Gasteiger charge is 2.20. The fourth-order valence-electron chi connectivity index (χ4n) is 2.26. The highest BCUT2D eigenvalue weighted by molar-refractivity contribution is 9.10. The first-order valence-electron chi connectivity index (χ1n) is 7.28. The highest BCUT2D eigenvalue weighted by Crippen LogP contribution is 2.10. The lowest BCUT2D eigenvalue weighted by Crippen LogP contribution is -2.52. The minimum atomic E-state index is -0.368. The number of nitrogens with zero attached hydrogens (tertiary/aromatic N) is 2. The third kappa shape index (κ3) is 5.33. The summed E-state index contributed by atoms with van der Waals surface area (Å²) in [5.74, 6) is -0.602. The van der Waals surface area contributed by atoms with E-state index in [1.54, 1.807) is 36.1 Å². The molecule has 0 atom stereocenters. The van der Waals surface area contributed by atoms with Crippen molar-refractivity contribution in [3.8, 4) is 0 Å². The summed E-state index contributed by atoms with van der Waals surface area (Å²) in [7, 11) is 0. The molecule has 0 aliphatic carbocycles. The topological polar surface area (TPSA) is 81.8 Å². The fraction of sp³-hybridized carbons (Fsp3) is 0.400. The average molecular weight is 383 g/mol. The van der Waals surface area contributed by atoms with Gasteiger partial charge >= 0.3 is 0 Å². The first-order valence-corrected chi connectivity index (χ1v) is 8.07. The predicted octanol–water partition coefficient (Wildman–Crippen LogP) is 0.374. The summed E-state index contributed by atoms with van der Waals surface area (Å²) < 4.78 is 0.878. The first-order chi connectivity index (χ1) is 11.0. The van der Waals surface area contributed by atoms with Gasteiger partial charge in [0.05, 0.1) is 6.54 Å². The van der Waals surface area contributed by atoms with Crippen molar-refractivity contribution in [3.05, 3.63) is 34.3 Å². The Labute approximate surface area is 143 Å². The van der Waals surface area contributed by atoms with E-state index in [2.05, 4.69) is 26.8 Å². The summed E-state index contributed by atoms with van der Waals surface area (Å²) in [6.45, 7) is 4.26. The highest BCUT2D eigenvalue weighted by atomic mass is 79.9. The van der Waals surface area contributed by atoms with Crippen LogP contribution in [0.25, 0.3) is 0 Å². The van der Waals surface area contributed by atoms with Crippen LogP contribution in [0.1, 0.15) is 17.3 Å². The number of amides is 3. The number of piperazine rings is 1. The molecule has 124 valence electrons. The maximum atomic E-state index is 11.9. The molecule has 0 unspecified atom stereocenters. The van der Waals surface area contributed by atoms with Crippen molar-refractivity contribution < 1.29 is 14.4 Å². The van der Waals surface area contributed by atoms with Crippen LogP contribution in [-0.2, 0) is 9.59 Å². The molecule has 0 radical (unpaired) electrons. The molecule has 23 heavy (non-hydrogen) atoms. The zero-order valence-corrected chi connectivity index (χ0v) is 14.4. The van der Waals surface area contributed by atoms with Gasteiger partial charge < -0.3 is 4.90 Å². The van der Waals surface area contributed by atoms with Crippen LogP contribution < -0.4 is 10.9 Å². The minimum absolute atomic E-state index is 0.0517. The number of halogens is 1. The quantitative estimate of drug-likeness (QED) is 0.740. The van der Waals surface area contributed by atoms with E-state index in [0.29, 0.717) is 31.7 Å². The average Bonchev–Trinajstić information content (AvgIpc) is 2.54. The summed E-state index contributed by atoms with van der Waals surface area (Å²) >= 11 is 3.29. The zero-order valence-electron chi connectivity index (χ0n) is 12.8. The zero-order chi connectivity index (χ0) is 16.8. The summed E-state index contributed by atoms with van der Waals surface area (Å²) in [6.07, 6.45) is 0. The number of benzene rings is 1. The van der Waals surface area contributed by atoms with Gasteiger partial charge in [0.15, 0.2) is 0 Å². The Kier molecular flexibility index (Phi) is 6.12. The van der Waals surface area contributed by atoms with E-state index in [1.807, 2.05) is 4.90 Å². The molecule has 3 amide bonds. The van der Waals surface area contributed by atoms with Gasteiger partial charge in [-0.2, -0.15) is 0 Å². The summed E-state index contributed by atoms with van der Waals surface area (Å²) in [5.41, 5.74) is 5.26. The third-order valence-electron chi connectivity index (χ3n) is 3.61. The van der Waals surface area contributed by atoms with Crippen LogP contribution in [0.15, 0.2) is 28.7 Å². The number of nitrogens with one attached hydrogen (secondary N) is 2. The maximum Gasteiger partial charge on any atom is 0.269 e. The van der Waals surface area contributed by atoms with Gasteiger partial charge in [-0.3, -0.25) is 30.1 Å². The van der Waals surface area contributed by atoms with Crippen LogP contribution >= 0.6 is 15.9 Å². The molecule has 1 saturated heterocycles. The molecular formula is C15H19BrN4O3. The van der Waals surface area contributed by atoms with Crippen molar-refractivity contribution in [1.82, 2.24) is 20.7 Å². The molecule has 1 aromatic carbocycles. The van der Waals surface area contributed by atoms with Crippen molar-refractivity contribution in [1.29, 1.82) is 0 Å². The lowest BCUT2D eigenvalue weighted by Gasteiger charge is -2.33. The molecule has 0 aromatic heterocycles. The maximum absolute atomic E-state index is 11.9. The van der Waals surface area contributed by atoms with Gasteiger partial charge in [-0.15, -0.1) is 0 Å². The van der Waals surface area contributed by atoms with Crippen molar-refractivity contribution >= 4 is 33.7 Å². The Hall–Kier alpha value is -1.93. The summed E-state index contributed by atoms with van der Waals surface area (Å²) in [6, 6.07) is 6.83. The van der Waals surface area contributed by atoms with E-state index in [-0.39, 0.29) is 24.3 Å². The summed E-state index contributed by atoms with van der Waals surface area (Å²) in [4.78, 5) is 38.7. The van der Waals surface area contributed by atoms with E-state index < -0.39 is 0 Å². The number of hydrogen-bond donors (Lipinski definition) is 2. The number of carbonyl (C=O) groups is 3. The molecule has 8 heteroatoms. The van der Waals surface area contributed by atoms with Crippen LogP contribution in [0, 0.1) is 0 Å². The molecule has 1 aliphatic heterocycles. The standard InChI is InChI=1S/C15H19BrN4O3/c1-11(21)20-8-6-19(7-9-20)10-14(22)17-18-15(23)12-2-4-13(16)5-3-12/h2-5H,6-10H2,1H3,(H,17,22)(H,18,23). The first kappa shape index (κ1) is 17.4. The number of rotatable bonds is 3. The second-order valence-corrected chi connectivity index (χ2v) is 6.21. The fourth-order valence-corrected chi connectivity index (χ4v) is 2.53. The van der Waals surface area contributed by atoms with Crippen LogP contribution in [0.3, 0.4) is 0 Å². The molecule has 2 N–H and O–H groups in total. The van der Waals surface area contributed by atoms with Crippen molar-refractivity contribution in [2.24, 2.45) is 0 Å². The molecule has 0 saturated carbocycles. The molecule has 0 spiro atoms. The van der Waals surface area contributed by atoms with E-state index in [0.717, 1.165) is 4.47 Å². The third-order valence-corrected chi connectivity index (χ3v) is 4.14. The normalized spacial score (nSPS) is 15.1. The van der Waals surface area contributed by atoms with Crippen LogP contribution in [0.5, 0.6) is 0 Å². The monoisotopic (exact) mass is 382 g/mol. The van der Waals surface area contributed by atoms with Crippen molar-refractivity contribution in [2.75, 3.05) is 32.7 Å². The van der Waals surface area contributed by atoms with Gasteiger partial charge in [0.25, 0.3) is 11.8 Å². The van der Waals surface area contributed by atoms with Crippen LogP contribution in [-0.4, -0.2) is 60.2 Å². The molecule has 7 nitrogen and oxygen atoms in total. The molecule has 0 bridgehead atoms. The van der Waals surface area contributed by atoms with Crippen molar-refractivity contribution in [2.45, 2.75) is 6.92 Å². The number of hydrogen-bond acceptors (Lipinski definition) is 4. The second-order valence-electron chi connectivity index (χ2n) is 5.29. The summed E-state index contributed by atoms with van der Waals surface area (Å²) in [5, 5.41) is 0. The second kappa shape index (κ2) is 8.07. The number of carbonyl (C=O) groups excluding carboxylic acids is 3. The van der Waals surface area contributed by atoms with Gasteiger partial charge in [0.2, 0.25) is 5.91 Å². The smallest absolute Gasteiger partial charge is 0.269 e. The predicted molar refractivity (Wildman–Crippen MR) is 88.4 cm³/mol. The lowest BCUT2D eigenvalue weighted by molar-refractivity contribution is -0.131. The van der Waals surface area contributed by atoms with E-state index in [1.165, 1.54) is 0 Å². The Bertz CT molecular complexity index is 583. The van der Waals surface area contributed by atoms with Gasteiger partial charge in [0, 0.05) is 43.1 Å². The minimum Gasteiger partial charge on any atom is -0.340 e. The van der Waals surface area contributed by atoms with E-state index in [9.17, 15) is 14.4 Å². The van der Waals surface area contributed by atoms with Gasteiger partial charge in [-0.1, -0.05) is 15.9 Å². The number of hydrazine groups is 1. The Balaban J connectivity index is 1.72. The molecule has 1 fully saturated rings. The van der Waals surface area contributed by atoms with Crippen LogP contribution in [0.4, 0.5) is 0 Å². The van der Waals surface area contributed by atoms with Gasteiger partial charge in [-0.05, 0) is 24.3 Å². The Morgan fingerprint density at radius 2 is 1.65 bits per heavy atom. The Morgan fingerprint density at radius 1 is 1.04 bits per heavy atom. The molecule has 1 aromatic rings. The van der Waals surface area contributed by atoms with Gasteiger partial charge in [-0.25, -0.2) is 0 Å². The molecular weight excluding hydrogens is 364 g/mol. The molecule has 1 heterocycles. The van der Waals surface area contributed by atoms with E-state index >= 15 is 0 Å². The SMILES string of the molecule is CC(=O)N1CCN(CC(=O)NNC(=O)c2ccc(Br)cc2)CC1. The molecule has 2 rings (SSSR count).